The van der Waals surface area contributed by atoms with E-state index in [9.17, 15) is 9.59 Å². The number of nitrogens with two attached hydrogens (primary N) is 1. The Morgan fingerprint density at radius 3 is 2.56 bits per heavy atom. The van der Waals surface area contributed by atoms with Gasteiger partial charge in [0.05, 0.1) is 5.41 Å². The van der Waals surface area contributed by atoms with E-state index in [1.807, 2.05) is 6.07 Å². The van der Waals surface area contributed by atoms with Crippen molar-refractivity contribution in [2.45, 2.75) is 63.6 Å². The van der Waals surface area contributed by atoms with Crippen LogP contribution in [-0.2, 0) is 20.9 Å². The van der Waals surface area contributed by atoms with Gasteiger partial charge >= 0.3 is 5.97 Å². The Balaban J connectivity index is 1.20. The largest absolute Gasteiger partial charge is 0.460 e. The molecule has 6 rings (SSSR count). The summed E-state index contributed by atoms with van der Waals surface area (Å²) in [6, 6.07) is 10.3. The zero-order valence-electron chi connectivity index (χ0n) is 19.2. The molecule has 1 aromatic carbocycles. The fourth-order valence-electron chi connectivity index (χ4n) is 7.38. The predicted molar refractivity (Wildman–Crippen MR) is 122 cm³/mol. The van der Waals surface area contributed by atoms with E-state index < -0.39 is 5.41 Å². The number of likely N-dealkylation sites (tertiary alicyclic amines) is 1. The summed E-state index contributed by atoms with van der Waals surface area (Å²) in [6.07, 6.45) is 6.55. The lowest BCUT2D eigenvalue weighted by Gasteiger charge is -2.58. The number of carbonyl (C=O) groups is 2. The van der Waals surface area contributed by atoms with Crippen molar-refractivity contribution in [3.8, 4) is 0 Å². The van der Waals surface area contributed by atoms with Crippen LogP contribution >= 0.6 is 0 Å². The summed E-state index contributed by atoms with van der Waals surface area (Å²) in [6.45, 7) is 3.58. The minimum atomic E-state index is -0.621. The second-order valence-electron chi connectivity index (χ2n) is 10.9. The monoisotopic (exact) mass is 439 g/mol. The molecule has 5 aliphatic rings. The lowest BCUT2D eigenvalue weighted by molar-refractivity contribution is -0.198. The molecule has 0 aromatic heterocycles. The Bertz CT molecular complexity index is 830. The Morgan fingerprint density at radius 2 is 1.88 bits per heavy atom. The van der Waals surface area contributed by atoms with Crippen molar-refractivity contribution in [3.05, 3.63) is 35.9 Å². The van der Waals surface area contributed by atoms with Gasteiger partial charge in [-0.25, -0.2) is 0 Å². The van der Waals surface area contributed by atoms with E-state index in [4.69, 9.17) is 10.5 Å². The van der Waals surface area contributed by atoms with Crippen LogP contribution in [0.2, 0.25) is 0 Å². The summed E-state index contributed by atoms with van der Waals surface area (Å²) >= 11 is 0. The maximum atomic E-state index is 13.3. The number of hydrogen-bond donors (Lipinski definition) is 1. The molecule has 1 aliphatic heterocycles. The zero-order valence-corrected chi connectivity index (χ0v) is 19.2. The number of benzene rings is 1. The fourth-order valence-corrected chi connectivity index (χ4v) is 7.38. The van der Waals surface area contributed by atoms with Gasteiger partial charge in [0, 0.05) is 19.6 Å². The number of esters is 1. The Morgan fingerprint density at radius 1 is 1.16 bits per heavy atom. The van der Waals surface area contributed by atoms with Gasteiger partial charge in [0.1, 0.15) is 12.1 Å². The van der Waals surface area contributed by atoms with Crippen LogP contribution < -0.4 is 5.73 Å². The number of primary amides is 1. The van der Waals surface area contributed by atoms with E-state index in [0.717, 1.165) is 64.7 Å². The highest BCUT2D eigenvalue weighted by Crippen LogP contribution is 2.61. The number of amides is 1. The van der Waals surface area contributed by atoms with Crippen molar-refractivity contribution in [1.82, 2.24) is 9.80 Å². The Labute approximate surface area is 191 Å². The molecule has 6 heteroatoms. The number of nitrogens with zero attached hydrogens (tertiary/aromatic N) is 2. The van der Waals surface area contributed by atoms with Crippen LogP contribution in [0.5, 0.6) is 0 Å². The van der Waals surface area contributed by atoms with Crippen molar-refractivity contribution in [2.75, 3.05) is 26.7 Å². The Hall–Kier alpha value is -1.92. The summed E-state index contributed by atoms with van der Waals surface area (Å²) in [5.74, 6) is 1.09. The molecule has 32 heavy (non-hydrogen) atoms. The fraction of sp³-hybridized carbons (Fsp3) is 0.692. The summed E-state index contributed by atoms with van der Waals surface area (Å²) in [4.78, 5) is 30.5. The van der Waals surface area contributed by atoms with Crippen molar-refractivity contribution in [1.29, 1.82) is 0 Å². The van der Waals surface area contributed by atoms with Crippen LogP contribution in [0.25, 0.3) is 0 Å². The van der Waals surface area contributed by atoms with Gasteiger partial charge < -0.3 is 15.4 Å². The molecule has 1 amide bonds. The van der Waals surface area contributed by atoms with E-state index in [-0.39, 0.29) is 24.0 Å². The number of ether oxygens (including phenoxy) is 1. The number of likely N-dealkylation sites (N-methyl/N-ethyl adjacent to an activating group) is 1. The van der Waals surface area contributed by atoms with E-state index in [1.54, 1.807) is 0 Å². The molecule has 6 nitrogen and oxygen atoms in total. The summed E-state index contributed by atoms with van der Waals surface area (Å²) < 4.78 is 6.21. The molecule has 0 radical (unpaired) electrons. The molecule has 1 saturated heterocycles. The molecule has 1 aromatic rings. The van der Waals surface area contributed by atoms with E-state index >= 15 is 0 Å². The van der Waals surface area contributed by atoms with Gasteiger partial charge in [-0.15, -0.1) is 0 Å². The van der Waals surface area contributed by atoms with Crippen LogP contribution in [0.4, 0.5) is 0 Å². The first-order chi connectivity index (χ1) is 15.4. The quantitative estimate of drug-likeness (QED) is 0.631. The maximum absolute atomic E-state index is 13.3. The molecule has 2 N–H and O–H groups in total. The molecular formula is C26H37N3O3. The number of hydrogen-bond acceptors (Lipinski definition) is 5. The van der Waals surface area contributed by atoms with E-state index in [2.05, 4.69) is 41.1 Å². The average molecular weight is 440 g/mol. The van der Waals surface area contributed by atoms with Crippen LogP contribution in [-0.4, -0.2) is 60.5 Å². The normalized spacial score (nSPS) is 36.0. The van der Waals surface area contributed by atoms with Gasteiger partial charge in [0.25, 0.3) is 0 Å². The molecular weight excluding hydrogens is 402 g/mol. The highest BCUT2D eigenvalue weighted by Gasteiger charge is 2.62. The molecule has 0 spiro atoms. The van der Waals surface area contributed by atoms with E-state index in [1.165, 1.54) is 12.0 Å². The average Bonchev–Trinajstić information content (AvgIpc) is 3.24. The van der Waals surface area contributed by atoms with Gasteiger partial charge in [-0.1, -0.05) is 30.3 Å². The number of carbonyl (C=O) groups excluding carboxylic acids is 2. The highest BCUT2D eigenvalue weighted by atomic mass is 16.5. The van der Waals surface area contributed by atoms with Crippen LogP contribution in [0.15, 0.2) is 30.3 Å². The molecule has 4 atom stereocenters. The van der Waals surface area contributed by atoms with Crippen molar-refractivity contribution >= 4 is 11.9 Å². The molecule has 4 aliphatic carbocycles. The lowest BCUT2D eigenvalue weighted by Crippen LogP contribution is -2.62. The highest BCUT2D eigenvalue weighted by molar-refractivity contribution is 5.83. The molecule has 4 saturated carbocycles. The van der Waals surface area contributed by atoms with E-state index in [0.29, 0.717) is 17.8 Å². The molecule has 4 unspecified atom stereocenters. The second-order valence-corrected chi connectivity index (χ2v) is 10.9. The van der Waals surface area contributed by atoms with Gasteiger partial charge in [0.2, 0.25) is 5.91 Å². The number of rotatable bonds is 8. The van der Waals surface area contributed by atoms with Crippen molar-refractivity contribution in [3.63, 3.8) is 0 Å². The predicted octanol–water partition coefficient (Wildman–Crippen LogP) is 2.81. The lowest BCUT2D eigenvalue weighted by atomic mass is 9.48. The first kappa shape index (κ1) is 21.9. The minimum absolute atomic E-state index is 0.133. The first-order valence-electron chi connectivity index (χ1n) is 12.4. The molecule has 174 valence electrons. The summed E-state index contributed by atoms with van der Waals surface area (Å²) in [5.41, 5.74) is 6.61. The molecule has 5 fully saturated rings. The van der Waals surface area contributed by atoms with Gasteiger partial charge in [-0.3, -0.25) is 14.5 Å². The maximum Gasteiger partial charge on any atom is 0.323 e. The van der Waals surface area contributed by atoms with Gasteiger partial charge in [0.15, 0.2) is 0 Å². The zero-order chi connectivity index (χ0) is 22.3. The van der Waals surface area contributed by atoms with Gasteiger partial charge in [-0.05, 0) is 81.9 Å². The van der Waals surface area contributed by atoms with Crippen LogP contribution in [0.1, 0.15) is 50.5 Å². The standard InChI is InChI=1S/C26H37N3O3/c1-28(17-18-6-3-2-4-7-18)10-11-29-9-5-8-22(29)24(30)32-23-21-13-19-12-20(14-21)16-26(23,15-19)25(27)31/h2-4,6-7,19-23H,5,8-17H2,1H3,(H2,27,31). The third kappa shape index (κ3) is 4.08. The minimum Gasteiger partial charge on any atom is -0.460 e. The van der Waals surface area contributed by atoms with Crippen molar-refractivity contribution in [2.24, 2.45) is 28.9 Å². The summed E-state index contributed by atoms with van der Waals surface area (Å²) in [7, 11) is 2.13. The smallest absolute Gasteiger partial charge is 0.323 e. The third-order valence-electron chi connectivity index (χ3n) is 8.65. The Kier molecular flexibility index (Phi) is 6.01. The molecule has 1 heterocycles. The topological polar surface area (TPSA) is 75.9 Å². The van der Waals surface area contributed by atoms with Gasteiger partial charge in [-0.2, -0.15) is 0 Å². The third-order valence-corrected chi connectivity index (χ3v) is 8.65. The SMILES string of the molecule is CN(CCN1CCCC1C(=O)OC1C2CC3CC(C2)CC1(C(N)=O)C3)Cc1ccccc1. The van der Waals surface area contributed by atoms with Crippen LogP contribution in [0.3, 0.4) is 0 Å². The summed E-state index contributed by atoms with van der Waals surface area (Å²) in [5, 5.41) is 0. The molecule has 4 bridgehead atoms. The first-order valence-corrected chi connectivity index (χ1v) is 12.4. The second kappa shape index (κ2) is 8.79. The van der Waals surface area contributed by atoms with Crippen LogP contribution in [0, 0.1) is 23.2 Å². The van der Waals surface area contributed by atoms with Crippen molar-refractivity contribution < 1.29 is 14.3 Å².